The van der Waals surface area contributed by atoms with Crippen molar-refractivity contribution in [2.24, 2.45) is 0 Å². The van der Waals surface area contributed by atoms with Crippen molar-refractivity contribution in [1.29, 1.82) is 0 Å². The van der Waals surface area contributed by atoms with Crippen LogP contribution in [0.2, 0.25) is 0 Å². The molecule has 176 valence electrons. The van der Waals surface area contributed by atoms with Crippen LogP contribution in [0.1, 0.15) is 72.6 Å². The summed E-state index contributed by atoms with van der Waals surface area (Å²) in [6.07, 6.45) is 5.16. The first-order chi connectivity index (χ1) is 16.1. The number of hydrogen-bond acceptors (Lipinski definition) is 4. The molecule has 33 heavy (non-hydrogen) atoms. The lowest BCUT2D eigenvalue weighted by atomic mass is 10.0. The van der Waals surface area contributed by atoms with Gasteiger partial charge >= 0.3 is 0 Å². The van der Waals surface area contributed by atoms with Gasteiger partial charge < -0.3 is 15.0 Å². The van der Waals surface area contributed by atoms with Crippen LogP contribution in [-0.4, -0.2) is 48.2 Å². The minimum absolute atomic E-state index is 0.00735. The maximum atomic E-state index is 12.6. The van der Waals surface area contributed by atoms with Gasteiger partial charge in [0, 0.05) is 43.1 Å². The molecule has 6 nitrogen and oxygen atoms in total. The average molecular weight is 451 g/mol. The highest BCUT2D eigenvalue weighted by molar-refractivity contribution is 5.98. The van der Waals surface area contributed by atoms with Gasteiger partial charge in [0.1, 0.15) is 5.75 Å². The summed E-state index contributed by atoms with van der Waals surface area (Å²) < 4.78 is 5.68. The molecular formula is C27H34N2O4. The number of ketones is 1. The van der Waals surface area contributed by atoms with E-state index < -0.39 is 0 Å². The largest absolute Gasteiger partial charge is 0.494 e. The molecule has 0 aliphatic carbocycles. The van der Waals surface area contributed by atoms with Crippen molar-refractivity contribution in [3.8, 4) is 5.75 Å². The summed E-state index contributed by atoms with van der Waals surface area (Å²) in [7, 11) is 0. The van der Waals surface area contributed by atoms with Gasteiger partial charge in [-0.3, -0.25) is 14.4 Å². The number of ether oxygens (including phenoxy) is 1. The average Bonchev–Trinajstić information content (AvgIpc) is 2.86. The maximum absolute atomic E-state index is 12.6. The number of Topliss-reactive ketones (excluding diaryl/α,β-unsaturated/α-hetero) is 1. The summed E-state index contributed by atoms with van der Waals surface area (Å²) in [4.78, 5) is 39.2. The first-order valence-electron chi connectivity index (χ1n) is 12.0. The topological polar surface area (TPSA) is 75.7 Å². The Labute approximate surface area is 196 Å². The lowest BCUT2D eigenvalue weighted by molar-refractivity contribution is -0.132. The van der Waals surface area contributed by atoms with E-state index in [2.05, 4.69) is 12.2 Å². The number of likely N-dealkylation sites (tertiary alicyclic amines) is 1. The molecule has 1 N–H and O–H groups in total. The second kappa shape index (κ2) is 12.8. The number of nitrogens with zero attached hydrogens (tertiary/aromatic N) is 1. The van der Waals surface area contributed by atoms with Crippen LogP contribution in [0.3, 0.4) is 0 Å². The van der Waals surface area contributed by atoms with Crippen LogP contribution in [0, 0.1) is 0 Å². The minimum atomic E-state index is -0.0802. The molecular weight excluding hydrogens is 416 g/mol. The number of unbranched alkanes of at least 4 members (excludes halogenated alkanes) is 2. The van der Waals surface area contributed by atoms with Crippen molar-refractivity contribution in [3.63, 3.8) is 0 Å². The van der Waals surface area contributed by atoms with Crippen LogP contribution in [-0.2, 0) is 4.79 Å². The van der Waals surface area contributed by atoms with E-state index in [9.17, 15) is 14.4 Å². The molecule has 0 radical (unpaired) electrons. The molecule has 2 amide bonds. The number of benzene rings is 2. The summed E-state index contributed by atoms with van der Waals surface area (Å²) in [6, 6.07) is 16.4. The third-order valence-electron chi connectivity index (χ3n) is 5.98. The quantitative estimate of drug-likeness (QED) is 0.400. The fourth-order valence-corrected chi connectivity index (χ4v) is 3.93. The van der Waals surface area contributed by atoms with Gasteiger partial charge in [0.2, 0.25) is 5.91 Å². The number of piperidine rings is 1. The molecule has 0 saturated carbocycles. The van der Waals surface area contributed by atoms with E-state index in [-0.39, 0.29) is 36.5 Å². The molecule has 6 heteroatoms. The van der Waals surface area contributed by atoms with Gasteiger partial charge in [0.15, 0.2) is 5.78 Å². The minimum Gasteiger partial charge on any atom is -0.494 e. The molecule has 0 bridgehead atoms. The zero-order chi connectivity index (χ0) is 23.5. The lowest BCUT2D eigenvalue weighted by Crippen LogP contribution is -2.46. The van der Waals surface area contributed by atoms with Crippen LogP contribution in [0.15, 0.2) is 54.6 Å². The van der Waals surface area contributed by atoms with Gasteiger partial charge in [-0.05, 0) is 55.7 Å². The van der Waals surface area contributed by atoms with Crippen molar-refractivity contribution in [2.75, 3.05) is 19.7 Å². The van der Waals surface area contributed by atoms with Gasteiger partial charge in [-0.25, -0.2) is 0 Å². The number of nitrogens with one attached hydrogen (secondary N) is 1. The molecule has 0 unspecified atom stereocenters. The molecule has 3 rings (SSSR count). The van der Waals surface area contributed by atoms with Crippen LogP contribution < -0.4 is 10.1 Å². The summed E-state index contributed by atoms with van der Waals surface area (Å²) in [6.45, 7) is 4.02. The highest BCUT2D eigenvalue weighted by Crippen LogP contribution is 2.17. The third-order valence-corrected chi connectivity index (χ3v) is 5.98. The number of carbonyl (C=O) groups excluding carboxylic acids is 3. The second-order valence-electron chi connectivity index (χ2n) is 8.50. The number of hydrogen-bond donors (Lipinski definition) is 1. The van der Waals surface area contributed by atoms with E-state index in [4.69, 9.17) is 4.74 Å². The smallest absolute Gasteiger partial charge is 0.251 e. The second-order valence-corrected chi connectivity index (χ2v) is 8.50. The van der Waals surface area contributed by atoms with Crippen molar-refractivity contribution in [2.45, 2.75) is 57.9 Å². The van der Waals surface area contributed by atoms with E-state index >= 15 is 0 Å². The molecule has 2 aromatic carbocycles. The van der Waals surface area contributed by atoms with E-state index in [1.54, 1.807) is 29.2 Å². The predicted octanol–water partition coefficient (Wildman–Crippen LogP) is 4.64. The Hall–Kier alpha value is -3.15. The lowest BCUT2D eigenvalue weighted by Gasteiger charge is -2.32. The highest BCUT2D eigenvalue weighted by atomic mass is 16.5. The normalized spacial score (nSPS) is 14.0. The van der Waals surface area contributed by atoms with E-state index in [0.717, 1.165) is 37.9 Å². The Kier molecular flexibility index (Phi) is 9.48. The Morgan fingerprint density at radius 3 is 2.27 bits per heavy atom. The van der Waals surface area contributed by atoms with Crippen molar-refractivity contribution < 1.29 is 19.1 Å². The molecule has 0 aromatic heterocycles. The van der Waals surface area contributed by atoms with Gasteiger partial charge in [-0.1, -0.05) is 38.0 Å². The summed E-state index contributed by atoms with van der Waals surface area (Å²) in [5.74, 6) is 0.641. The molecule has 1 saturated heterocycles. The fourth-order valence-electron chi connectivity index (χ4n) is 3.93. The maximum Gasteiger partial charge on any atom is 0.251 e. The Balaban J connectivity index is 1.37. The fraction of sp³-hybridized carbons (Fsp3) is 0.444. The summed E-state index contributed by atoms with van der Waals surface area (Å²) in [5, 5.41) is 3.05. The first-order valence-corrected chi connectivity index (χ1v) is 12.0. The molecule has 1 aliphatic heterocycles. The molecule has 1 aliphatic rings. The number of amides is 2. The van der Waals surface area contributed by atoms with E-state index in [0.29, 0.717) is 30.8 Å². The van der Waals surface area contributed by atoms with Gasteiger partial charge in [0.05, 0.1) is 6.61 Å². The van der Waals surface area contributed by atoms with Gasteiger partial charge in [0.25, 0.3) is 5.91 Å². The first kappa shape index (κ1) is 24.5. The molecule has 2 aromatic rings. The Morgan fingerprint density at radius 1 is 0.909 bits per heavy atom. The zero-order valence-electron chi connectivity index (χ0n) is 19.4. The Morgan fingerprint density at radius 2 is 1.61 bits per heavy atom. The molecule has 0 spiro atoms. The van der Waals surface area contributed by atoms with Crippen LogP contribution in [0.25, 0.3) is 0 Å². The van der Waals surface area contributed by atoms with Crippen LogP contribution >= 0.6 is 0 Å². The zero-order valence-corrected chi connectivity index (χ0v) is 19.4. The highest BCUT2D eigenvalue weighted by Gasteiger charge is 2.24. The molecule has 1 fully saturated rings. The van der Waals surface area contributed by atoms with Gasteiger partial charge in [-0.15, -0.1) is 0 Å². The SMILES string of the molecule is CCCCCOc1ccc(C(=O)CCC(=O)N2CCC(NC(=O)c3ccccc3)CC2)cc1. The molecule has 0 atom stereocenters. The standard InChI is InChI=1S/C27H34N2O4/c1-2-3-7-20-33-24-12-10-21(11-13-24)25(30)14-15-26(31)29-18-16-23(17-19-29)28-27(32)22-8-5-4-6-9-22/h4-6,8-13,23H,2-3,7,14-20H2,1H3,(H,28,32). The predicted molar refractivity (Wildman–Crippen MR) is 129 cm³/mol. The van der Waals surface area contributed by atoms with Gasteiger partial charge in [-0.2, -0.15) is 0 Å². The van der Waals surface area contributed by atoms with Crippen molar-refractivity contribution in [3.05, 3.63) is 65.7 Å². The van der Waals surface area contributed by atoms with Crippen molar-refractivity contribution in [1.82, 2.24) is 10.2 Å². The third kappa shape index (κ3) is 7.74. The summed E-state index contributed by atoms with van der Waals surface area (Å²) >= 11 is 0. The monoisotopic (exact) mass is 450 g/mol. The molecule has 1 heterocycles. The number of rotatable bonds is 11. The van der Waals surface area contributed by atoms with Crippen LogP contribution in [0.5, 0.6) is 5.75 Å². The van der Waals surface area contributed by atoms with E-state index in [1.165, 1.54) is 0 Å². The summed E-state index contributed by atoms with van der Waals surface area (Å²) in [5.41, 5.74) is 1.25. The van der Waals surface area contributed by atoms with Crippen LogP contribution in [0.4, 0.5) is 0 Å². The van der Waals surface area contributed by atoms with Crippen molar-refractivity contribution >= 4 is 17.6 Å². The Bertz CT molecular complexity index is 903. The van der Waals surface area contributed by atoms with E-state index in [1.807, 2.05) is 30.3 Å². The number of carbonyl (C=O) groups is 3.